The molecule has 1 rings (SSSR count). The highest BCUT2D eigenvalue weighted by molar-refractivity contribution is 4.96. The number of rotatable bonds is 3. The van der Waals surface area contributed by atoms with Gasteiger partial charge in [0.2, 0.25) is 0 Å². The van der Waals surface area contributed by atoms with E-state index in [1.165, 1.54) is 0 Å². The largest absolute Gasteiger partial charge is 0.417 e. The van der Waals surface area contributed by atoms with Gasteiger partial charge in [0.05, 0.1) is 0 Å². The third-order valence-electron chi connectivity index (χ3n) is 2.26. The van der Waals surface area contributed by atoms with Crippen LogP contribution in [0.15, 0.2) is 0 Å². The van der Waals surface area contributed by atoms with E-state index in [9.17, 15) is 13.2 Å². The van der Waals surface area contributed by atoms with E-state index in [-0.39, 0.29) is 19.4 Å². The van der Waals surface area contributed by atoms with Crippen molar-refractivity contribution < 1.29 is 17.9 Å². The highest BCUT2D eigenvalue weighted by atomic mass is 19.4. The Balaban J connectivity index is 2.51. The van der Waals surface area contributed by atoms with Gasteiger partial charge in [-0.2, -0.15) is 13.2 Å². The molecule has 0 atom stereocenters. The van der Waals surface area contributed by atoms with Crippen molar-refractivity contribution in [3.63, 3.8) is 0 Å². The van der Waals surface area contributed by atoms with E-state index in [0.717, 1.165) is 0 Å². The molecule has 0 heterocycles. The van der Waals surface area contributed by atoms with Crippen molar-refractivity contribution in [2.24, 2.45) is 0 Å². The van der Waals surface area contributed by atoms with Gasteiger partial charge in [0.25, 0.3) is 0 Å². The topological polar surface area (TPSA) is 9.23 Å². The minimum atomic E-state index is -4.18. The summed E-state index contributed by atoms with van der Waals surface area (Å²) in [7, 11) is 0. The lowest BCUT2D eigenvalue weighted by atomic mass is 9.79. The number of halogens is 3. The first kappa shape index (κ1) is 9.84. The van der Waals surface area contributed by atoms with Crippen LogP contribution in [0.5, 0.6) is 0 Å². The van der Waals surface area contributed by atoms with Crippen LogP contribution in [-0.2, 0) is 4.74 Å². The Kier molecular flexibility index (Phi) is 2.66. The van der Waals surface area contributed by atoms with E-state index in [2.05, 4.69) is 0 Å². The second kappa shape index (κ2) is 3.24. The Hall–Kier alpha value is -0.250. The zero-order chi connectivity index (χ0) is 9.24. The van der Waals surface area contributed by atoms with Crippen molar-refractivity contribution in [3.8, 4) is 0 Å². The van der Waals surface area contributed by atoms with E-state index in [1.54, 1.807) is 0 Å². The Morgan fingerprint density at radius 3 is 2.17 bits per heavy atom. The molecule has 0 aromatic carbocycles. The van der Waals surface area contributed by atoms with Gasteiger partial charge in [0.1, 0.15) is 0 Å². The summed E-state index contributed by atoms with van der Waals surface area (Å²) in [5.41, 5.74) is -1.79. The van der Waals surface area contributed by atoms with Crippen LogP contribution < -0.4 is 0 Å². The molecule has 1 nitrogen and oxygen atoms in total. The molecule has 1 aliphatic carbocycles. The molecular weight excluding hydrogens is 169 g/mol. The smallest absolute Gasteiger partial charge is 0.366 e. The fourth-order valence-corrected chi connectivity index (χ4v) is 1.30. The Morgan fingerprint density at radius 2 is 1.92 bits per heavy atom. The number of ether oxygens (including phenoxy) is 1. The fourth-order valence-electron chi connectivity index (χ4n) is 1.30. The van der Waals surface area contributed by atoms with Gasteiger partial charge in [0, 0.05) is 6.61 Å². The molecule has 0 radical (unpaired) electrons. The van der Waals surface area contributed by atoms with Crippen molar-refractivity contribution in [1.82, 2.24) is 0 Å². The van der Waals surface area contributed by atoms with Crippen molar-refractivity contribution in [1.29, 1.82) is 0 Å². The molecule has 0 N–H and O–H groups in total. The molecule has 1 saturated carbocycles. The maximum atomic E-state index is 12.4. The van der Waals surface area contributed by atoms with Gasteiger partial charge in [0.15, 0.2) is 5.60 Å². The Morgan fingerprint density at radius 1 is 1.33 bits per heavy atom. The quantitative estimate of drug-likeness (QED) is 0.652. The summed E-state index contributed by atoms with van der Waals surface area (Å²) < 4.78 is 41.9. The lowest BCUT2D eigenvalue weighted by Gasteiger charge is -2.42. The average Bonchev–Trinajstić information content (AvgIpc) is 1.82. The zero-order valence-corrected chi connectivity index (χ0v) is 7.08. The fraction of sp³-hybridized carbons (Fsp3) is 1.00. The van der Waals surface area contributed by atoms with Crippen LogP contribution in [-0.4, -0.2) is 18.4 Å². The van der Waals surface area contributed by atoms with E-state index in [4.69, 9.17) is 4.74 Å². The van der Waals surface area contributed by atoms with Crippen molar-refractivity contribution >= 4 is 0 Å². The van der Waals surface area contributed by atoms with Gasteiger partial charge < -0.3 is 4.74 Å². The summed E-state index contributed by atoms with van der Waals surface area (Å²) in [4.78, 5) is 0. The lowest BCUT2D eigenvalue weighted by molar-refractivity contribution is -0.304. The number of hydrogen-bond donors (Lipinski definition) is 0. The SMILES string of the molecule is CCCOC1(C(F)(F)F)CCC1. The first-order chi connectivity index (χ1) is 5.52. The Labute approximate surface area is 69.9 Å². The second-order valence-electron chi connectivity index (χ2n) is 3.19. The number of alkyl halides is 3. The van der Waals surface area contributed by atoms with Crippen LogP contribution >= 0.6 is 0 Å². The third-order valence-corrected chi connectivity index (χ3v) is 2.26. The van der Waals surface area contributed by atoms with Crippen molar-refractivity contribution in [3.05, 3.63) is 0 Å². The second-order valence-corrected chi connectivity index (χ2v) is 3.19. The van der Waals surface area contributed by atoms with Crippen LogP contribution in [0.25, 0.3) is 0 Å². The average molecular weight is 182 g/mol. The normalized spacial score (nSPS) is 22.0. The van der Waals surface area contributed by atoms with E-state index >= 15 is 0 Å². The monoisotopic (exact) mass is 182 g/mol. The summed E-state index contributed by atoms with van der Waals surface area (Å²) in [5.74, 6) is 0. The predicted molar refractivity (Wildman–Crippen MR) is 38.9 cm³/mol. The van der Waals surface area contributed by atoms with Crippen molar-refractivity contribution in [2.45, 2.75) is 44.4 Å². The Bertz CT molecular complexity index is 149. The van der Waals surface area contributed by atoms with Gasteiger partial charge in [-0.3, -0.25) is 0 Å². The van der Waals surface area contributed by atoms with E-state index in [1.807, 2.05) is 6.92 Å². The van der Waals surface area contributed by atoms with Crippen LogP contribution in [0.2, 0.25) is 0 Å². The lowest BCUT2D eigenvalue weighted by Crippen LogP contribution is -2.53. The molecule has 0 bridgehead atoms. The van der Waals surface area contributed by atoms with Crippen LogP contribution in [0.1, 0.15) is 32.6 Å². The standard InChI is InChI=1S/C8H13F3O/c1-2-6-12-7(4-3-5-7)8(9,10)11/h2-6H2,1H3. The van der Waals surface area contributed by atoms with E-state index in [0.29, 0.717) is 12.8 Å². The highest BCUT2D eigenvalue weighted by Gasteiger charge is 2.59. The molecule has 0 aliphatic heterocycles. The minimum absolute atomic E-state index is 0.135. The molecule has 0 aromatic heterocycles. The molecule has 0 spiro atoms. The summed E-state index contributed by atoms with van der Waals surface area (Å²) in [6.45, 7) is 2.02. The first-order valence-electron chi connectivity index (χ1n) is 4.22. The molecule has 0 amide bonds. The highest BCUT2D eigenvalue weighted by Crippen LogP contribution is 2.47. The third kappa shape index (κ3) is 1.58. The zero-order valence-electron chi connectivity index (χ0n) is 7.08. The van der Waals surface area contributed by atoms with Crippen LogP contribution in [0.4, 0.5) is 13.2 Å². The van der Waals surface area contributed by atoms with Gasteiger partial charge >= 0.3 is 6.18 Å². The van der Waals surface area contributed by atoms with Gasteiger partial charge in [-0.1, -0.05) is 6.92 Å². The number of hydrogen-bond acceptors (Lipinski definition) is 1. The first-order valence-corrected chi connectivity index (χ1v) is 4.22. The molecule has 72 valence electrons. The van der Waals surface area contributed by atoms with Gasteiger partial charge in [-0.15, -0.1) is 0 Å². The predicted octanol–water partition coefficient (Wildman–Crippen LogP) is 2.90. The molecule has 1 aliphatic rings. The molecule has 0 aromatic rings. The summed E-state index contributed by atoms with van der Waals surface area (Å²) in [6, 6.07) is 0. The summed E-state index contributed by atoms with van der Waals surface area (Å²) in [5, 5.41) is 0. The van der Waals surface area contributed by atoms with Crippen molar-refractivity contribution in [2.75, 3.05) is 6.61 Å². The van der Waals surface area contributed by atoms with Crippen LogP contribution in [0, 0.1) is 0 Å². The molecular formula is C8H13F3O. The maximum Gasteiger partial charge on any atom is 0.417 e. The molecule has 0 unspecified atom stereocenters. The molecule has 0 saturated heterocycles. The van der Waals surface area contributed by atoms with Crippen LogP contribution in [0.3, 0.4) is 0 Å². The van der Waals surface area contributed by atoms with Gasteiger partial charge in [-0.25, -0.2) is 0 Å². The maximum absolute atomic E-state index is 12.4. The van der Waals surface area contributed by atoms with Gasteiger partial charge in [-0.05, 0) is 25.7 Å². The summed E-state index contributed by atoms with van der Waals surface area (Å²) in [6.07, 6.45) is -2.64. The molecule has 1 fully saturated rings. The minimum Gasteiger partial charge on any atom is -0.366 e. The summed E-state index contributed by atoms with van der Waals surface area (Å²) >= 11 is 0. The van der Waals surface area contributed by atoms with E-state index < -0.39 is 11.8 Å². The molecule has 12 heavy (non-hydrogen) atoms. The molecule has 4 heteroatoms.